The molecule has 1 atom stereocenters. The first kappa shape index (κ1) is 19.7. The fourth-order valence-electron chi connectivity index (χ4n) is 3.57. The van der Waals surface area contributed by atoms with Crippen molar-refractivity contribution < 1.29 is 13.2 Å². The molecule has 4 heterocycles. The third-order valence-corrected chi connectivity index (χ3v) is 8.67. The van der Waals surface area contributed by atoms with Gasteiger partial charge >= 0.3 is 0 Å². The second kappa shape index (κ2) is 8.01. The normalized spacial score (nSPS) is 22.6. The van der Waals surface area contributed by atoms with Gasteiger partial charge in [0, 0.05) is 32.2 Å². The zero-order valence-electron chi connectivity index (χ0n) is 15.2. The van der Waals surface area contributed by atoms with E-state index in [0.29, 0.717) is 43.6 Å². The first-order valence-electron chi connectivity index (χ1n) is 9.02. The molecule has 2 fully saturated rings. The summed E-state index contributed by atoms with van der Waals surface area (Å²) < 4.78 is 24.7. The summed E-state index contributed by atoms with van der Waals surface area (Å²) in [4.78, 5) is 17.5. The van der Waals surface area contributed by atoms with E-state index in [9.17, 15) is 13.2 Å². The molecule has 1 unspecified atom stereocenters. The number of amides is 1. The molecule has 2 aromatic heterocycles. The molecule has 152 valence electrons. The molecule has 28 heavy (non-hydrogen) atoms. The van der Waals surface area contributed by atoms with Crippen LogP contribution < -0.4 is 5.84 Å². The summed E-state index contributed by atoms with van der Waals surface area (Å²) in [6.45, 7) is 2.66. The van der Waals surface area contributed by atoms with Crippen molar-refractivity contribution in [1.29, 1.82) is 0 Å². The number of carbonyl (C=O) groups excluding carboxylic acids is 1. The van der Waals surface area contributed by atoms with Crippen molar-refractivity contribution in [2.24, 2.45) is 0 Å². The molecule has 9 nitrogen and oxygen atoms in total. The first-order valence-corrected chi connectivity index (χ1v) is 12.7. The van der Waals surface area contributed by atoms with Crippen molar-refractivity contribution in [2.45, 2.75) is 17.6 Å². The lowest BCUT2D eigenvalue weighted by Crippen LogP contribution is -2.52. The van der Waals surface area contributed by atoms with Crippen molar-refractivity contribution in [3.63, 3.8) is 0 Å². The predicted molar refractivity (Wildman–Crippen MR) is 109 cm³/mol. The number of piperazine rings is 1. The van der Waals surface area contributed by atoms with Crippen LogP contribution in [0.3, 0.4) is 0 Å². The molecular weight excluding hydrogens is 420 g/mol. The van der Waals surface area contributed by atoms with E-state index in [1.54, 1.807) is 0 Å². The number of rotatable bonds is 5. The summed E-state index contributed by atoms with van der Waals surface area (Å²) in [5.41, 5.74) is 0. The van der Waals surface area contributed by atoms with Crippen LogP contribution in [0.15, 0.2) is 22.7 Å². The van der Waals surface area contributed by atoms with Gasteiger partial charge in [0.15, 0.2) is 15.7 Å². The van der Waals surface area contributed by atoms with Crippen molar-refractivity contribution in [3.05, 3.63) is 17.5 Å². The minimum absolute atomic E-state index is 0.0318. The number of thiophene rings is 1. The van der Waals surface area contributed by atoms with E-state index in [2.05, 4.69) is 15.1 Å². The number of thioether (sulfide) groups is 1. The van der Waals surface area contributed by atoms with Crippen LogP contribution in [0.5, 0.6) is 0 Å². The van der Waals surface area contributed by atoms with Gasteiger partial charge in [-0.1, -0.05) is 17.8 Å². The van der Waals surface area contributed by atoms with Crippen molar-refractivity contribution in [3.8, 4) is 10.7 Å². The monoisotopic (exact) mass is 442 g/mol. The van der Waals surface area contributed by atoms with Crippen LogP contribution in [-0.4, -0.2) is 88.5 Å². The SMILES string of the molecule is Nn1c(SCC(=O)N2CCN(C3CCS(=O)(=O)C3)CC2)nnc1-c1cccs1. The Morgan fingerprint density at radius 3 is 2.71 bits per heavy atom. The quantitative estimate of drug-likeness (QED) is 0.514. The molecule has 4 rings (SSSR count). The molecule has 0 aliphatic carbocycles. The number of aromatic nitrogens is 3. The molecule has 0 spiro atoms. The Morgan fingerprint density at radius 1 is 1.29 bits per heavy atom. The van der Waals surface area contributed by atoms with E-state index < -0.39 is 9.84 Å². The van der Waals surface area contributed by atoms with Crippen molar-refractivity contribution in [1.82, 2.24) is 24.7 Å². The summed E-state index contributed by atoms with van der Waals surface area (Å²) >= 11 is 2.81. The molecule has 2 N–H and O–H groups in total. The van der Waals surface area contributed by atoms with Gasteiger partial charge in [-0.2, -0.15) is 0 Å². The predicted octanol–water partition coefficient (Wildman–Crippen LogP) is 0.144. The van der Waals surface area contributed by atoms with Crippen LogP contribution in [-0.2, 0) is 14.6 Å². The molecule has 0 bridgehead atoms. The zero-order chi connectivity index (χ0) is 19.7. The molecule has 2 aliphatic heterocycles. The van der Waals surface area contributed by atoms with E-state index in [4.69, 9.17) is 5.84 Å². The number of nitrogen functional groups attached to an aromatic ring is 1. The molecule has 12 heteroatoms. The van der Waals surface area contributed by atoms with Crippen LogP contribution in [0.2, 0.25) is 0 Å². The molecule has 0 aromatic carbocycles. The lowest BCUT2D eigenvalue weighted by Gasteiger charge is -2.37. The van der Waals surface area contributed by atoms with Gasteiger partial charge in [0.2, 0.25) is 11.1 Å². The zero-order valence-corrected chi connectivity index (χ0v) is 17.7. The minimum Gasteiger partial charge on any atom is -0.339 e. The largest absolute Gasteiger partial charge is 0.339 e. The second-order valence-corrected chi connectivity index (χ2v) is 11.0. The van der Waals surface area contributed by atoms with Gasteiger partial charge in [-0.3, -0.25) is 9.69 Å². The van der Waals surface area contributed by atoms with Crippen LogP contribution in [0.1, 0.15) is 6.42 Å². The summed E-state index contributed by atoms with van der Waals surface area (Å²) in [5, 5.41) is 10.7. The fraction of sp³-hybridized carbons (Fsp3) is 0.562. The highest BCUT2D eigenvalue weighted by molar-refractivity contribution is 7.99. The summed E-state index contributed by atoms with van der Waals surface area (Å²) in [6, 6.07) is 3.95. The molecule has 2 saturated heterocycles. The van der Waals surface area contributed by atoms with Crippen molar-refractivity contribution in [2.75, 3.05) is 49.3 Å². The summed E-state index contributed by atoms with van der Waals surface area (Å²) in [5.74, 6) is 7.46. The number of nitrogens with two attached hydrogens (primary N) is 1. The average Bonchev–Trinajstić information content (AvgIpc) is 3.40. The van der Waals surface area contributed by atoms with E-state index >= 15 is 0 Å². The van der Waals surface area contributed by atoms with E-state index in [1.165, 1.54) is 27.8 Å². The Hall–Kier alpha value is -1.63. The Labute approximate surface area is 171 Å². The number of carbonyl (C=O) groups is 1. The van der Waals surface area contributed by atoms with E-state index in [-0.39, 0.29) is 29.2 Å². The lowest BCUT2D eigenvalue weighted by atomic mass is 10.2. The van der Waals surface area contributed by atoms with Gasteiger partial charge in [-0.15, -0.1) is 21.5 Å². The van der Waals surface area contributed by atoms with Gasteiger partial charge < -0.3 is 10.7 Å². The number of hydrogen-bond donors (Lipinski definition) is 1. The Balaban J connectivity index is 1.28. The van der Waals surface area contributed by atoms with Gasteiger partial charge in [0.25, 0.3) is 0 Å². The number of hydrogen-bond acceptors (Lipinski definition) is 9. The Bertz CT molecular complexity index is 935. The maximum absolute atomic E-state index is 12.5. The topological polar surface area (TPSA) is 114 Å². The number of sulfone groups is 1. The van der Waals surface area contributed by atoms with Gasteiger partial charge in [0.05, 0.1) is 22.1 Å². The third-order valence-electron chi connectivity index (χ3n) is 5.12. The van der Waals surface area contributed by atoms with Gasteiger partial charge in [0.1, 0.15) is 0 Å². The smallest absolute Gasteiger partial charge is 0.233 e. The molecule has 1 amide bonds. The van der Waals surface area contributed by atoms with Crippen molar-refractivity contribution >= 4 is 38.8 Å². The molecule has 0 saturated carbocycles. The lowest BCUT2D eigenvalue weighted by molar-refractivity contribution is -0.130. The van der Waals surface area contributed by atoms with Crippen LogP contribution >= 0.6 is 23.1 Å². The average molecular weight is 443 g/mol. The second-order valence-electron chi connectivity index (χ2n) is 6.92. The number of nitrogens with zero attached hydrogens (tertiary/aromatic N) is 5. The Kier molecular flexibility index (Phi) is 5.63. The molecular formula is C16H22N6O3S3. The van der Waals surface area contributed by atoms with Crippen LogP contribution in [0, 0.1) is 0 Å². The third kappa shape index (κ3) is 4.19. The van der Waals surface area contributed by atoms with Crippen LogP contribution in [0.4, 0.5) is 0 Å². The van der Waals surface area contributed by atoms with E-state index in [0.717, 1.165) is 4.88 Å². The summed E-state index contributed by atoms with van der Waals surface area (Å²) in [7, 11) is -2.88. The molecule has 2 aromatic rings. The minimum atomic E-state index is -2.88. The summed E-state index contributed by atoms with van der Waals surface area (Å²) in [6.07, 6.45) is 0.699. The molecule has 2 aliphatic rings. The van der Waals surface area contributed by atoms with Crippen LogP contribution in [0.25, 0.3) is 10.7 Å². The highest BCUT2D eigenvalue weighted by atomic mass is 32.2. The highest BCUT2D eigenvalue weighted by Gasteiger charge is 2.34. The standard InChI is InChI=1S/C16H22N6O3S3/c17-22-15(13-2-1-8-26-13)18-19-16(22)27-10-14(23)21-6-4-20(5-7-21)12-3-9-28(24,25)11-12/h1-2,8,12H,3-7,9-11,17H2. The highest BCUT2D eigenvalue weighted by Crippen LogP contribution is 2.25. The van der Waals surface area contributed by atoms with Gasteiger partial charge in [-0.25, -0.2) is 13.1 Å². The fourth-order valence-corrected chi connectivity index (χ4v) is 6.79. The molecule has 0 radical (unpaired) electrons. The maximum Gasteiger partial charge on any atom is 0.233 e. The van der Waals surface area contributed by atoms with E-state index in [1.807, 2.05) is 22.4 Å². The van der Waals surface area contributed by atoms with Gasteiger partial charge in [-0.05, 0) is 17.9 Å². The maximum atomic E-state index is 12.5. The Morgan fingerprint density at radius 2 is 2.07 bits per heavy atom. The first-order chi connectivity index (χ1) is 13.4.